The van der Waals surface area contributed by atoms with Gasteiger partial charge in [-0.3, -0.25) is 14.4 Å². The van der Waals surface area contributed by atoms with Gasteiger partial charge in [-0.25, -0.2) is 0 Å². The molecule has 2 aromatic carbocycles. The molecule has 0 saturated carbocycles. The first-order valence-electron chi connectivity index (χ1n) is 10.00. The first kappa shape index (κ1) is 20.6. The Balaban J connectivity index is 1.56. The number of para-hydroxylation sites is 1. The number of aromatic nitrogens is 1. The number of amides is 2. The minimum atomic E-state index is -0.579. The number of morpholine rings is 1. The summed E-state index contributed by atoms with van der Waals surface area (Å²) in [6, 6.07) is 14.3. The Labute approximate surface area is 179 Å². The van der Waals surface area contributed by atoms with Gasteiger partial charge in [0.2, 0.25) is 5.91 Å². The number of methoxy groups -OCH3 is 1. The fraction of sp³-hybridized carbons (Fsp3) is 0.261. The SMILES string of the molecule is COc1cccc(NC(=O)Cn2cc(C(=O)C(=O)N3CCOCC3)c3ccccc32)c1. The van der Waals surface area contributed by atoms with Crippen LogP contribution in [0.3, 0.4) is 0 Å². The van der Waals surface area contributed by atoms with Crippen LogP contribution in [0.4, 0.5) is 5.69 Å². The summed E-state index contributed by atoms with van der Waals surface area (Å²) in [5.41, 5.74) is 1.61. The number of carbonyl (C=O) groups excluding carboxylic acids is 3. The molecule has 1 aliphatic rings. The van der Waals surface area contributed by atoms with E-state index >= 15 is 0 Å². The van der Waals surface area contributed by atoms with Gasteiger partial charge >= 0.3 is 0 Å². The molecule has 0 aliphatic carbocycles. The predicted octanol–water partition coefficient (Wildman–Crippen LogP) is 2.33. The number of fused-ring (bicyclic) bond motifs is 1. The van der Waals surface area contributed by atoms with Crippen LogP contribution in [-0.4, -0.2) is 60.5 Å². The molecule has 1 saturated heterocycles. The van der Waals surface area contributed by atoms with E-state index in [0.717, 1.165) is 0 Å². The van der Waals surface area contributed by atoms with Crippen LogP contribution < -0.4 is 10.1 Å². The standard InChI is InChI=1S/C23H23N3O5/c1-30-17-6-4-5-16(13-17)24-21(27)15-26-14-19(18-7-2-3-8-20(18)26)22(28)23(29)25-9-11-31-12-10-25/h2-8,13-14H,9-12,15H2,1H3,(H,24,27). The largest absolute Gasteiger partial charge is 0.497 e. The molecule has 8 nitrogen and oxygen atoms in total. The van der Waals surface area contributed by atoms with Crippen molar-refractivity contribution in [2.45, 2.75) is 6.54 Å². The highest BCUT2D eigenvalue weighted by Crippen LogP contribution is 2.23. The smallest absolute Gasteiger partial charge is 0.295 e. The number of carbonyl (C=O) groups is 3. The van der Waals surface area contributed by atoms with E-state index < -0.39 is 11.7 Å². The number of hydrogen-bond acceptors (Lipinski definition) is 5. The van der Waals surface area contributed by atoms with Crippen LogP contribution in [0.1, 0.15) is 10.4 Å². The summed E-state index contributed by atoms with van der Waals surface area (Å²) >= 11 is 0. The molecule has 0 unspecified atom stereocenters. The molecule has 3 aromatic rings. The number of anilines is 1. The van der Waals surface area contributed by atoms with Gasteiger partial charge in [-0.15, -0.1) is 0 Å². The lowest BCUT2D eigenvalue weighted by atomic mass is 10.1. The molecule has 2 heterocycles. The van der Waals surface area contributed by atoms with E-state index in [2.05, 4.69) is 5.32 Å². The summed E-state index contributed by atoms with van der Waals surface area (Å²) in [5.74, 6) is -0.747. The summed E-state index contributed by atoms with van der Waals surface area (Å²) in [6.45, 7) is 1.63. The highest BCUT2D eigenvalue weighted by molar-refractivity contribution is 6.44. The summed E-state index contributed by atoms with van der Waals surface area (Å²) in [5, 5.41) is 3.47. The molecule has 0 bridgehead atoms. The highest BCUT2D eigenvalue weighted by atomic mass is 16.5. The number of rotatable bonds is 6. The van der Waals surface area contributed by atoms with Gasteiger partial charge in [-0.2, -0.15) is 0 Å². The third kappa shape index (κ3) is 4.44. The van der Waals surface area contributed by atoms with Crippen molar-refractivity contribution in [1.29, 1.82) is 0 Å². The monoisotopic (exact) mass is 421 g/mol. The van der Waals surface area contributed by atoms with Gasteiger partial charge in [-0.1, -0.05) is 24.3 Å². The Hall–Kier alpha value is -3.65. The molecule has 8 heteroatoms. The third-order valence-corrected chi connectivity index (χ3v) is 5.19. The number of hydrogen-bond donors (Lipinski definition) is 1. The maximum absolute atomic E-state index is 13.0. The van der Waals surface area contributed by atoms with Crippen molar-refractivity contribution in [3.63, 3.8) is 0 Å². The quantitative estimate of drug-likeness (QED) is 0.487. The number of nitrogens with one attached hydrogen (secondary N) is 1. The molecule has 1 aromatic heterocycles. The van der Waals surface area contributed by atoms with Crippen molar-refractivity contribution < 1.29 is 23.9 Å². The van der Waals surface area contributed by atoms with E-state index in [-0.39, 0.29) is 12.5 Å². The molecule has 0 atom stereocenters. The average Bonchev–Trinajstić information content (AvgIpc) is 3.17. The molecule has 0 spiro atoms. The van der Waals surface area contributed by atoms with Crippen LogP contribution in [0.25, 0.3) is 10.9 Å². The molecule has 160 valence electrons. The predicted molar refractivity (Wildman–Crippen MR) is 115 cm³/mol. The summed E-state index contributed by atoms with van der Waals surface area (Å²) < 4.78 is 12.1. The van der Waals surface area contributed by atoms with Crippen LogP contribution >= 0.6 is 0 Å². The first-order chi connectivity index (χ1) is 15.1. The molecule has 0 radical (unpaired) electrons. The maximum Gasteiger partial charge on any atom is 0.295 e. The van der Waals surface area contributed by atoms with E-state index in [1.807, 2.05) is 12.1 Å². The van der Waals surface area contributed by atoms with Gasteiger partial charge in [0.05, 0.1) is 25.9 Å². The van der Waals surface area contributed by atoms with Crippen molar-refractivity contribution in [3.8, 4) is 5.75 Å². The molecule has 4 rings (SSSR count). The van der Waals surface area contributed by atoms with Gasteiger partial charge in [0.25, 0.3) is 11.7 Å². The van der Waals surface area contributed by atoms with Gasteiger partial charge in [-0.05, 0) is 18.2 Å². The van der Waals surface area contributed by atoms with Crippen molar-refractivity contribution >= 4 is 34.2 Å². The number of nitrogens with zero attached hydrogens (tertiary/aromatic N) is 2. The van der Waals surface area contributed by atoms with Gasteiger partial charge < -0.3 is 24.3 Å². The molecule has 1 aliphatic heterocycles. The van der Waals surface area contributed by atoms with E-state index in [1.54, 1.807) is 54.3 Å². The number of ether oxygens (including phenoxy) is 2. The molecule has 1 N–H and O–H groups in total. The summed E-state index contributed by atoms with van der Waals surface area (Å²) in [6.07, 6.45) is 1.58. The summed E-state index contributed by atoms with van der Waals surface area (Å²) in [4.78, 5) is 39.8. The summed E-state index contributed by atoms with van der Waals surface area (Å²) in [7, 11) is 1.56. The van der Waals surface area contributed by atoms with E-state index in [4.69, 9.17) is 9.47 Å². The molecule has 1 fully saturated rings. The lowest BCUT2D eigenvalue weighted by Gasteiger charge is -2.25. The molecular formula is C23H23N3O5. The average molecular weight is 421 g/mol. The van der Waals surface area contributed by atoms with E-state index in [9.17, 15) is 14.4 Å². The zero-order chi connectivity index (χ0) is 21.8. The Morgan fingerprint density at radius 2 is 1.84 bits per heavy atom. The topological polar surface area (TPSA) is 89.9 Å². The third-order valence-electron chi connectivity index (χ3n) is 5.19. The maximum atomic E-state index is 13.0. The van der Waals surface area contributed by atoms with Crippen LogP contribution in [0.5, 0.6) is 5.75 Å². The van der Waals surface area contributed by atoms with Crippen molar-refractivity contribution in [2.75, 3.05) is 38.7 Å². The Morgan fingerprint density at radius 1 is 1.06 bits per heavy atom. The van der Waals surface area contributed by atoms with Gasteiger partial charge in [0.15, 0.2) is 0 Å². The minimum Gasteiger partial charge on any atom is -0.497 e. The van der Waals surface area contributed by atoms with Crippen LogP contribution in [0.2, 0.25) is 0 Å². The number of ketones is 1. The van der Waals surface area contributed by atoms with Crippen LogP contribution in [-0.2, 0) is 20.9 Å². The van der Waals surface area contributed by atoms with Gasteiger partial charge in [0.1, 0.15) is 12.3 Å². The number of Topliss-reactive ketones (excluding diaryl/α,β-unsaturated/α-hetero) is 1. The minimum absolute atomic E-state index is 0.00323. The van der Waals surface area contributed by atoms with Gasteiger partial charge in [0, 0.05) is 41.9 Å². The van der Waals surface area contributed by atoms with Crippen molar-refractivity contribution in [1.82, 2.24) is 9.47 Å². The molecule has 2 amide bonds. The highest BCUT2D eigenvalue weighted by Gasteiger charge is 2.27. The Kier molecular flexibility index (Phi) is 5.99. The first-order valence-corrected chi connectivity index (χ1v) is 10.00. The van der Waals surface area contributed by atoms with Crippen molar-refractivity contribution in [3.05, 3.63) is 60.3 Å². The zero-order valence-corrected chi connectivity index (χ0v) is 17.2. The van der Waals surface area contributed by atoms with Crippen molar-refractivity contribution in [2.24, 2.45) is 0 Å². The lowest BCUT2D eigenvalue weighted by molar-refractivity contribution is -0.130. The molecular weight excluding hydrogens is 398 g/mol. The Morgan fingerprint density at radius 3 is 2.61 bits per heavy atom. The van der Waals surface area contributed by atoms with E-state index in [0.29, 0.717) is 54.2 Å². The zero-order valence-electron chi connectivity index (χ0n) is 17.2. The van der Waals surface area contributed by atoms with Crippen LogP contribution in [0.15, 0.2) is 54.7 Å². The second-order valence-electron chi connectivity index (χ2n) is 7.20. The molecule has 31 heavy (non-hydrogen) atoms. The normalized spacial score (nSPS) is 13.8. The lowest BCUT2D eigenvalue weighted by Crippen LogP contribution is -2.44. The Bertz CT molecular complexity index is 1130. The second-order valence-corrected chi connectivity index (χ2v) is 7.20. The fourth-order valence-corrected chi connectivity index (χ4v) is 3.64. The fourth-order valence-electron chi connectivity index (χ4n) is 3.64. The second kappa shape index (κ2) is 9.01. The number of benzene rings is 2. The van der Waals surface area contributed by atoms with E-state index in [1.165, 1.54) is 4.90 Å². The van der Waals surface area contributed by atoms with Crippen LogP contribution in [0, 0.1) is 0 Å².